The van der Waals surface area contributed by atoms with Gasteiger partial charge < -0.3 is 10.1 Å². The summed E-state index contributed by atoms with van der Waals surface area (Å²) in [7, 11) is 4.13. The van der Waals surface area contributed by atoms with E-state index in [0.29, 0.717) is 0 Å². The van der Waals surface area contributed by atoms with Gasteiger partial charge in [-0.1, -0.05) is 11.2 Å². The summed E-state index contributed by atoms with van der Waals surface area (Å²) < 4.78 is 0. The summed E-state index contributed by atoms with van der Waals surface area (Å²) in [6.07, 6.45) is 4.96. The van der Waals surface area contributed by atoms with E-state index in [1.54, 1.807) is 0 Å². The van der Waals surface area contributed by atoms with Gasteiger partial charge >= 0.3 is 0 Å². The minimum absolute atomic E-state index is 1.05. The van der Waals surface area contributed by atoms with Gasteiger partial charge in [-0.15, -0.1) is 0 Å². The second-order valence-corrected chi connectivity index (χ2v) is 4.12. The molecule has 0 atom stereocenters. The first-order chi connectivity index (χ1) is 7.24. The lowest BCUT2D eigenvalue weighted by Gasteiger charge is -2.18. The van der Waals surface area contributed by atoms with Gasteiger partial charge in [-0.2, -0.15) is 0 Å². The molecule has 2 rings (SSSR count). The van der Waals surface area contributed by atoms with Gasteiger partial charge in [0.25, 0.3) is 0 Å². The molecule has 3 nitrogen and oxygen atoms in total. The van der Waals surface area contributed by atoms with Crippen LogP contribution >= 0.6 is 0 Å². The standard InChI is InChI=1S/C12H16N2O/c1-14(2)12-7-6-9(8-13-15)10-4-3-5-11(10)12/h6-8,15H,3-5H2,1-2H3/b13-8+. The van der Waals surface area contributed by atoms with Crippen molar-refractivity contribution in [2.24, 2.45) is 5.16 Å². The van der Waals surface area contributed by atoms with Crippen LogP contribution in [0.3, 0.4) is 0 Å². The number of oxime groups is 1. The average Bonchev–Trinajstić information content (AvgIpc) is 2.66. The molecule has 0 aliphatic heterocycles. The van der Waals surface area contributed by atoms with E-state index in [4.69, 9.17) is 5.21 Å². The van der Waals surface area contributed by atoms with Crippen molar-refractivity contribution in [1.29, 1.82) is 0 Å². The Bertz CT molecular complexity index is 397. The van der Waals surface area contributed by atoms with Crippen LogP contribution in [0, 0.1) is 0 Å². The molecule has 15 heavy (non-hydrogen) atoms. The fourth-order valence-corrected chi connectivity index (χ4v) is 2.32. The lowest BCUT2D eigenvalue weighted by atomic mass is 10.0. The highest BCUT2D eigenvalue weighted by molar-refractivity contribution is 5.84. The van der Waals surface area contributed by atoms with Gasteiger partial charge in [0.2, 0.25) is 0 Å². The van der Waals surface area contributed by atoms with Crippen LogP contribution in [0.15, 0.2) is 17.3 Å². The van der Waals surface area contributed by atoms with E-state index in [9.17, 15) is 0 Å². The third kappa shape index (κ3) is 1.69. The van der Waals surface area contributed by atoms with E-state index in [1.807, 2.05) is 6.07 Å². The minimum Gasteiger partial charge on any atom is -0.411 e. The van der Waals surface area contributed by atoms with Crippen molar-refractivity contribution in [3.8, 4) is 0 Å². The molecular weight excluding hydrogens is 188 g/mol. The molecule has 0 bridgehead atoms. The van der Waals surface area contributed by atoms with Gasteiger partial charge in [-0.05, 0) is 42.0 Å². The summed E-state index contributed by atoms with van der Waals surface area (Å²) in [5.41, 5.74) is 5.10. The monoisotopic (exact) mass is 204 g/mol. The molecule has 0 saturated heterocycles. The Morgan fingerprint density at radius 3 is 2.67 bits per heavy atom. The number of nitrogens with zero attached hydrogens (tertiary/aromatic N) is 2. The number of rotatable bonds is 2. The maximum absolute atomic E-state index is 8.59. The molecule has 0 heterocycles. The molecule has 0 saturated carbocycles. The van der Waals surface area contributed by atoms with E-state index >= 15 is 0 Å². The fourth-order valence-electron chi connectivity index (χ4n) is 2.32. The Balaban J connectivity index is 2.53. The Hall–Kier alpha value is -1.51. The van der Waals surface area contributed by atoms with E-state index in [1.165, 1.54) is 29.4 Å². The van der Waals surface area contributed by atoms with Crippen molar-refractivity contribution >= 4 is 11.9 Å². The number of benzene rings is 1. The quantitative estimate of drug-likeness (QED) is 0.454. The summed E-state index contributed by atoms with van der Waals surface area (Å²) in [5.74, 6) is 0. The third-order valence-electron chi connectivity index (χ3n) is 2.97. The Morgan fingerprint density at radius 1 is 1.27 bits per heavy atom. The second-order valence-electron chi connectivity index (χ2n) is 4.12. The molecule has 0 aromatic heterocycles. The van der Waals surface area contributed by atoms with Gasteiger partial charge in [0.15, 0.2) is 0 Å². The van der Waals surface area contributed by atoms with Gasteiger partial charge in [-0.3, -0.25) is 0 Å². The average molecular weight is 204 g/mol. The first-order valence-corrected chi connectivity index (χ1v) is 5.23. The lowest BCUT2D eigenvalue weighted by Crippen LogP contribution is -2.11. The van der Waals surface area contributed by atoms with Crippen LogP contribution in [0.5, 0.6) is 0 Å². The van der Waals surface area contributed by atoms with Gasteiger partial charge in [0.1, 0.15) is 0 Å². The molecule has 1 aromatic rings. The van der Waals surface area contributed by atoms with Crippen molar-refractivity contribution < 1.29 is 5.21 Å². The predicted molar refractivity (Wildman–Crippen MR) is 62.2 cm³/mol. The number of hydrogen-bond donors (Lipinski definition) is 1. The smallest absolute Gasteiger partial charge is 0.0736 e. The van der Waals surface area contributed by atoms with Crippen molar-refractivity contribution in [1.82, 2.24) is 0 Å². The summed E-state index contributed by atoms with van der Waals surface area (Å²) in [6.45, 7) is 0. The Kier molecular flexibility index (Phi) is 2.62. The highest BCUT2D eigenvalue weighted by atomic mass is 16.4. The largest absolute Gasteiger partial charge is 0.411 e. The fraction of sp³-hybridized carbons (Fsp3) is 0.417. The van der Waals surface area contributed by atoms with Crippen molar-refractivity contribution in [2.45, 2.75) is 19.3 Å². The predicted octanol–water partition coefficient (Wildman–Crippen LogP) is 2.05. The summed E-state index contributed by atoms with van der Waals surface area (Å²) >= 11 is 0. The molecule has 3 heteroatoms. The molecule has 0 amide bonds. The van der Waals surface area contributed by atoms with Crippen LogP contribution < -0.4 is 4.90 Å². The van der Waals surface area contributed by atoms with Crippen LogP contribution in [0.2, 0.25) is 0 Å². The highest BCUT2D eigenvalue weighted by Gasteiger charge is 2.18. The van der Waals surface area contributed by atoms with Crippen LogP contribution in [0.1, 0.15) is 23.1 Å². The normalized spacial score (nSPS) is 14.5. The number of fused-ring (bicyclic) bond motifs is 1. The maximum Gasteiger partial charge on any atom is 0.0736 e. The van der Waals surface area contributed by atoms with Crippen molar-refractivity contribution in [3.05, 3.63) is 28.8 Å². The van der Waals surface area contributed by atoms with Crippen LogP contribution in [-0.4, -0.2) is 25.5 Å². The highest BCUT2D eigenvalue weighted by Crippen LogP contribution is 2.32. The molecule has 1 N–H and O–H groups in total. The first-order valence-electron chi connectivity index (χ1n) is 5.23. The summed E-state index contributed by atoms with van der Waals surface area (Å²) in [4.78, 5) is 2.14. The van der Waals surface area contributed by atoms with Gasteiger partial charge in [0.05, 0.1) is 6.21 Å². The number of hydrogen-bond acceptors (Lipinski definition) is 3. The zero-order chi connectivity index (χ0) is 10.8. The van der Waals surface area contributed by atoms with Crippen LogP contribution in [0.4, 0.5) is 5.69 Å². The maximum atomic E-state index is 8.59. The molecule has 1 aliphatic carbocycles. The Morgan fingerprint density at radius 2 is 2.00 bits per heavy atom. The number of anilines is 1. The van der Waals surface area contributed by atoms with Crippen LogP contribution in [-0.2, 0) is 12.8 Å². The van der Waals surface area contributed by atoms with E-state index in [-0.39, 0.29) is 0 Å². The van der Waals surface area contributed by atoms with Crippen LogP contribution in [0.25, 0.3) is 0 Å². The van der Waals surface area contributed by atoms with Crippen molar-refractivity contribution in [3.63, 3.8) is 0 Å². The summed E-state index contributed by atoms with van der Waals surface area (Å²) in [6, 6.07) is 4.13. The zero-order valence-corrected chi connectivity index (χ0v) is 9.20. The van der Waals surface area contributed by atoms with Gasteiger partial charge in [-0.25, -0.2) is 0 Å². The Labute approximate surface area is 90.0 Å². The topological polar surface area (TPSA) is 35.8 Å². The molecule has 80 valence electrons. The first kappa shape index (κ1) is 10.0. The van der Waals surface area contributed by atoms with E-state index in [0.717, 1.165) is 18.4 Å². The molecule has 1 aliphatic rings. The third-order valence-corrected chi connectivity index (χ3v) is 2.97. The lowest BCUT2D eigenvalue weighted by molar-refractivity contribution is 0.322. The molecular formula is C12H16N2O. The minimum atomic E-state index is 1.05. The summed E-state index contributed by atoms with van der Waals surface area (Å²) in [5, 5.41) is 11.7. The molecule has 0 spiro atoms. The second kappa shape index (κ2) is 3.93. The molecule has 0 unspecified atom stereocenters. The molecule has 0 fully saturated rings. The van der Waals surface area contributed by atoms with E-state index < -0.39 is 0 Å². The van der Waals surface area contributed by atoms with E-state index in [2.05, 4.69) is 30.2 Å². The molecule has 0 radical (unpaired) electrons. The van der Waals surface area contributed by atoms with Gasteiger partial charge in [0, 0.05) is 19.8 Å². The molecule has 1 aromatic carbocycles. The zero-order valence-electron chi connectivity index (χ0n) is 9.20. The SMILES string of the molecule is CN(C)c1ccc(/C=N/O)c2c1CCC2. The van der Waals surface area contributed by atoms with Crippen molar-refractivity contribution in [2.75, 3.05) is 19.0 Å².